The molecule has 5 rings (SSSR count). The smallest absolute Gasteiger partial charge is 0.272 e. The van der Waals surface area contributed by atoms with Crippen LogP contribution in [-0.2, 0) is 12.8 Å². The van der Waals surface area contributed by atoms with Crippen molar-refractivity contribution in [3.05, 3.63) is 71.0 Å². The molecule has 182 valence electrons. The Bertz CT molecular complexity index is 1180. The van der Waals surface area contributed by atoms with Gasteiger partial charge in [-0.25, -0.2) is 4.98 Å². The van der Waals surface area contributed by atoms with Gasteiger partial charge in [0, 0.05) is 38.0 Å². The highest BCUT2D eigenvalue weighted by Gasteiger charge is 2.25. The van der Waals surface area contributed by atoms with Crippen molar-refractivity contribution in [1.29, 1.82) is 0 Å². The third-order valence-corrected chi connectivity index (χ3v) is 6.84. The van der Waals surface area contributed by atoms with Crippen molar-refractivity contribution in [1.82, 2.24) is 20.5 Å². The standard InChI is InChI=1S/C27H31N5O3/c1-18-15-24(27(33)29-21-8-7-19-5-3-4-6-20(19)16-21)30-31-26(18)32-13-11-22(12-14-32)35-23-9-10-25(34-2)28-17-23/h3-6,9-10,15,17,21-22H,7-8,11-14,16H2,1-2H3,(H,29,33). The number of anilines is 1. The maximum atomic E-state index is 12.9. The number of benzene rings is 1. The first-order valence-electron chi connectivity index (χ1n) is 12.2. The average Bonchev–Trinajstić information content (AvgIpc) is 2.89. The Balaban J connectivity index is 1.15. The van der Waals surface area contributed by atoms with Gasteiger partial charge in [-0.15, -0.1) is 10.2 Å². The molecular weight excluding hydrogens is 442 g/mol. The number of aryl methyl sites for hydroxylation is 2. The van der Waals surface area contributed by atoms with E-state index >= 15 is 0 Å². The molecule has 1 aliphatic heterocycles. The van der Waals surface area contributed by atoms with Crippen molar-refractivity contribution < 1.29 is 14.3 Å². The van der Waals surface area contributed by atoms with Crippen molar-refractivity contribution in [2.75, 3.05) is 25.1 Å². The number of piperidine rings is 1. The molecule has 1 N–H and O–H groups in total. The van der Waals surface area contributed by atoms with E-state index < -0.39 is 0 Å². The number of carbonyl (C=O) groups is 1. The van der Waals surface area contributed by atoms with Crippen LogP contribution in [0.15, 0.2) is 48.7 Å². The monoisotopic (exact) mass is 473 g/mol. The third-order valence-electron chi connectivity index (χ3n) is 6.84. The molecule has 1 unspecified atom stereocenters. The second-order valence-corrected chi connectivity index (χ2v) is 9.26. The number of pyridine rings is 1. The SMILES string of the molecule is COc1ccc(OC2CCN(c3nnc(C(=O)NC4CCc5ccccc5C4)cc3C)CC2)cn1. The minimum Gasteiger partial charge on any atom is -0.489 e. The first-order chi connectivity index (χ1) is 17.1. The fourth-order valence-corrected chi connectivity index (χ4v) is 4.92. The minimum atomic E-state index is -0.156. The summed E-state index contributed by atoms with van der Waals surface area (Å²) in [6, 6.07) is 14.1. The summed E-state index contributed by atoms with van der Waals surface area (Å²) in [5.41, 5.74) is 4.03. The third kappa shape index (κ3) is 5.37. The second-order valence-electron chi connectivity index (χ2n) is 9.26. The lowest BCUT2D eigenvalue weighted by atomic mass is 9.88. The number of fused-ring (bicyclic) bond motifs is 1. The summed E-state index contributed by atoms with van der Waals surface area (Å²) in [5, 5.41) is 11.9. The Morgan fingerprint density at radius 1 is 1.06 bits per heavy atom. The lowest BCUT2D eigenvalue weighted by molar-refractivity contribution is 0.0927. The predicted molar refractivity (Wildman–Crippen MR) is 133 cm³/mol. The lowest BCUT2D eigenvalue weighted by Crippen LogP contribution is -2.40. The van der Waals surface area contributed by atoms with Crippen LogP contribution in [0.25, 0.3) is 0 Å². The number of methoxy groups -OCH3 is 1. The van der Waals surface area contributed by atoms with Gasteiger partial charge in [-0.1, -0.05) is 24.3 Å². The van der Waals surface area contributed by atoms with E-state index in [1.807, 2.05) is 19.1 Å². The average molecular weight is 474 g/mol. The van der Waals surface area contributed by atoms with Gasteiger partial charge in [-0.05, 0) is 55.0 Å². The van der Waals surface area contributed by atoms with Gasteiger partial charge in [-0.2, -0.15) is 0 Å². The molecule has 3 heterocycles. The highest BCUT2D eigenvalue weighted by Crippen LogP contribution is 2.25. The van der Waals surface area contributed by atoms with Crippen LogP contribution in [0, 0.1) is 6.92 Å². The van der Waals surface area contributed by atoms with Gasteiger partial charge in [0.15, 0.2) is 11.5 Å². The first kappa shape index (κ1) is 23.1. The van der Waals surface area contributed by atoms with Gasteiger partial charge in [0.2, 0.25) is 5.88 Å². The predicted octanol–water partition coefficient (Wildman–Crippen LogP) is 3.52. The van der Waals surface area contributed by atoms with Crippen molar-refractivity contribution in [2.45, 2.75) is 51.2 Å². The number of hydrogen-bond donors (Lipinski definition) is 1. The molecule has 2 aromatic heterocycles. The topological polar surface area (TPSA) is 89.5 Å². The minimum absolute atomic E-state index is 0.124. The molecule has 3 aromatic rings. The van der Waals surface area contributed by atoms with Gasteiger partial charge in [0.25, 0.3) is 5.91 Å². The summed E-state index contributed by atoms with van der Waals surface area (Å²) in [6.45, 7) is 3.62. The molecule has 0 radical (unpaired) electrons. The van der Waals surface area contributed by atoms with Crippen molar-refractivity contribution in [2.24, 2.45) is 0 Å². The van der Waals surface area contributed by atoms with E-state index in [1.165, 1.54) is 11.1 Å². The van der Waals surface area contributed by atoms with E-state index in [-0.39, 0.29) is 18.1 Å². The molecule has 0 saturated carbocycles. The molecule has 2 aliphatic rings. The molecule has 8 heteroatoms. The molecule has 0 bridgehead atoms. The summed E-state index contributed by atoms with van der Waals surface area (Å²) in [4.78, 5) is 19.3. The van der Waals surface area contributed by atoms with Crippen molar-refractivity contribution >= 4 is 11.7 Å². The Morgan fingerprint density at radius 2 is 1.86 bits per heavy atom. The van der Waals surface area contributed by atoms with Crippen molar-refractivity contribution in [3.8, 4) is 11.6 Å². The van der Waals surface area contributed by atoms with Gasteiger partial charge in [-0.3, -0.25) is 4.79 Å². The number of amides is 1. The van der Waals surface area contributed by atoms with Crippen LogP contribution in [0.3, 0.4) is 0 Å². The number of aromatic nitrogens is 3. The zero-order valence-electron chi connectivity index (χ0n) is 20.2. The zero-order chi connectivity index (χ0) is 24.2. The fourth-order valence-electron chi connectivity index (χ4n) is 4.92. The van der Waals surface area contributed by atoms with Crippen LogP contribution in [0.2, 0.25) is 0 Å². The molecule has 1 saturated heterocycles. The highest BCUT2D eigenvalue weighted by atomic mass is 16.5. The normalized spacial score (nSPS) is 18.0. The Hall–Kier alpha value is -3.68. The van der Waals surface area contributed by atoms with Crippen LogP contribution in [0.5, 0.6) is 11.6 Å². The van der Waals surface area contributed by atoms with Crippen LogP contribution in [0.4, 0.5) is 5.82 Å². The fraction of sp³-hybridized carbons (Fsp3) is 0.407. The maximum Gasteiger partial charge on any atom is 0.272 e. The van der Waals surface area contributed by atoms with Crippen molar-refractivity contribution in [3.63, 3.8) is 0 Å². The van der Waals surface area contributed by atoms with E-state index in [9.17, 15) is 4.79 Å². The summed E-state index contributed by atoms with van der Waals surface area (Å²) in [6.07, 6.45) is 6.35. The summed E-state index contributed by atoms with van der Waals surface area (Å²) in [7, 11) is 1.60. The molecule has 0 spiro atoms. The Labute approximate surface area is 205 Å². The molecule has 1 atom stereocenters. The van der Waals surface area contributed by atoms with Crippen LogP contribution >= 0.6 is 0 Å². The number of ether oxygens (including phenoxy) is 2. The van der Waals surface area contributed by atoms with Crippen LogP contribution < -0.4 is 19.7 Å². The lowest BCUT2D eigenvalue weighted by Gasteiger charge is -2.33. The summed E-state index contributed by atoms with van der Waals surface area (Å²) < 4.78 is 11.2. The Kier molecular flexibility index (Phi) is 6.79. The summed E-state index contributed by atoms with van der Waals surface area (Å²) >= 11 is 0. The number of nitrogens with zero attached hydrogens (tertiary/aromatic N) is 4. The molecular formula is C27H31N5O3. The quantitative estimate of drug-likeness (QED) is 0.586. The molecule has 1 fully saturated rings. The van der Waals surface area contributed by atoms with Gasteiger partial charge in [0.1, 0.15) is 11.9 Å². The molecule has 35 heavy (non-hydrogen) atoms. The molecule has 8 nitrogen and oxygen atoms in total. The maximum absolute atomic E-state index is 12.9. The highest BCUT2D eigenvalue weighted by molar-refractivity contribution is 5.92. The Morgan fingerprint density at radius 3 is 2.57 bits per heavy atom. The molecule has 1 aromatic carbocycles. The van der Waals surface area contributed by atoms with E-state index in [0.717, 1.165) is 62.3 Å². The van der Waals surface area contributed by atoms with Gasteiger partial charge < -0.3 is 19.7 Å². The van der Waals surface area contributed by atoms with E-state index in [2.05, 4.69) is 49.7 Å². The molecule has 1 aliphatic carbocycles. The second kappa shape index (κ2) is 10.3. The first-order valence-corrected chi connectivity index (χ1v) is 12.2. The van der Waals surface area contributed by atoms with E-state index in [1.54, 1.807) is 19.4 Å². The number of nitrogens with one attached hydrogen (secondary N) is 1. The number of rotatable bonds is 6. The van der Waals surface area contributed by atoms with Crippen LogP contribution in [-0.4, -0.2) is 53.4 Å². The van der Waals surface area contributed by atoms with E-state index in [0.29, 0.717) is 11.6 Å². The van der Waals surface area contributed by atoms with Crippen LogP contribution in [0.1, 0.15) is 46.4 Å². The number of carbonyl (C=O) groups excluding carboxylic acids is 1. The van der Waals surface area contributed by atoms with Gasteiger partial charge >= 0.3 is 0 Å². The van der Waals surface area contributed by atoms with Gasteiger partial charge in [0.05, 0.1) is 13.3 Å². The summed E-state index contributed by atoms with van der Waals surface area (Å²) in [5.74, 6) is 1.99. The largest absolute Gasteiger partial charge is 0.489 e. The zero-order valence-corrected chi connectivity index (χ0v) is 20.2. The van der Waals surface area contributed by atoms with E-state index in [4.69, 9.17) is 9.47 Å². The number of hydrogen-bond acceptors (Lipinski definition) is 7. The molecule has 1 amide bonds.